The number of nitrogens with zero attached hydrogens (tertiary/aromatic N) is 1. The van der Waals surface area contributed by atoms with Crippen LogP contribution in [0.2, 0.25) is 0 Å². The van der Waals surface area contributed by atoms with Crippen LogP contribution in [0.3, 0.4) is 0 Å². The van der Waals surface area contributed by atoms with Crippen molar-refractivity contribution in [2.75, 3.05) is 18.6 Å². The van der Waals surface area contributed by atoms with Gasteiger partial charge in [-0.1, -0.05) is 0 Å². The normalized spacial score (nSPS) is 28.4. The first-order valence-electron chi connectivity index (χ1n) is 8.07. The molecule has 0 aromatic rings. The highest BCUT2D eigenvalue weighted by atomic mass is 32.2. The first kappa shape index (κ1) is 16.4. The molecule has 0 radical (unpaired) electrons. The number of likely N-dealkylation sites (tertiary alicyclic amines) is 1. The minimum Gasteiger partial charge on any atom is -0.299 e. The van der Waals surface area contributed by atoms with E-state index in [2.05, 4.69) is 39.6 Å². The van der Waals surface area contributed by atoms with E-state index in [0.29, 0.717) is 11.7 Å². The topological polar surface area (TPSA) is 20.3 Å². The summed E-state index contributed by atoms with van der Waals surface area (Å²) in [6, 6.07) is 0. The zero-order valence-electron chi connectivity index (χ0n) is 13.9. The molecule has 2 rings (SSSR count). The van der Waals surface area contributed by atoms with E-state index in [0.717, 1.165) is 19.3 Å². The second kappa shape index (κ2) is 6.00. The summed E-state index contributed by atoms with van der Waals surface area (Å²) in [5.41, 5.74) is 0.259. The van der Waals surface area contributed by atoms with Crippen molar-refractivity contribution in [1.82, 2.24) is 4.90 Å². The van der Waals surface area contributed by atoms with Gasteiger partial charge in [0.25, 0.3) is 0 Å². The molecule has 0 unspecified atom stereocenters. The molecule has 0 bridgehead atoms. The number of carbonyl (C=O) groups is 1. The molecule has 2 aliphatic rings. The van der Waals surface area contributed by atoms with Crippen LogP contribution in [0.25, 0.3) is 0 Å². The molecule has 3 heteroatoms. The third kappa shape index (κ3) is 3.59. The molecule has 0 aliphatic carbocycles. The predicted molar refractivity (Wildman–Crippen MR) is 88.3 cm³/mol. The summed E-state index contributed by atoms with van der Waals surface area (Å²) in [5.74, 6) is 3.97. The van der Waals surface area contributed by atoms with E-state index in [-0.39, 0.29) is 17.0 Å². The molecule has 116 valence electrons. The first-order valence-corrected chi connectivity index (χ1v) is 9.22. The molecule has 0 saturated carbocycles. The van der Waals surface area contributed by atoms with Crippen LogP contribution in [0.5, 0.6) is 0 Å². The standard InChI is InChI=1S/C17H31NOS/c1-16(2)11-14(12-17(3,4)18(16)5)15(19)10-13-6-8-20-9-7-13/h13-14H,6-12H2,1-5H3. The second-order valence-corrected chi connectivity index (χ2v) is 9.24. The Labute approximate surface area is 129 Å². The van der Waals surface area contributed by atoms with E-state index in [1.54, 1.807) is 0 Å². The Kier molecular flexibility index (Phi) is 4.91. The largest absolute Gasteiger partial charge is 0.299 e. The van der Waals surface area contributed by atoms with E-state index in [9.17, 15) is 4.79 Å². The maximum absolute atomic E-state index is 12.7. The molecular weight excluding hydrogens is 266 g/mol. The Morgan fingerprint density at radius 2 is 1.60 bits per heavy atom. The van der Waals surface area contributed by atoms with Crippen molar-refractivity contribution in [3.05, 3.63) is 0 Å². The zero-order valence-corrected chi connectivity index (χ0v) is 14.7. The van der Waals surface area contributed by atoms with Gasteiger partial charge >= 0.3 is 0 Å². The summed E-state index contributed by atoms with van der Waals surface area (Å²) in [6.07, 6.45) is 5.37. The van der Waals surface area contributed by atoms with Crippen molar-refractivity contribution in [3.63, 3.8) is 0 Å². The van der Waals surface area contributed by atoms with Gasteiger partial charge < -0.3 is 0 Å². The van der Waals surface area contributed by atoms with Crippen LogP contribution in [0.15, 0.2) is 0 Å². The summed E-state index contributed by atoms with van der Waals surface area (Å²) in [4.78, 5) is 15.2. The van der Waals surface area contributed by atoms with Crippen LogP contribution in [0, 0.1) is 11.8 Å². The van der Waals surface area contributed by atoms with Crippen molar-refractivity contribution in [1.29, 1.82) is 0 Å². The predicted octanol–water partition coefficient (Wildman–Crippen LogP) is 3.99. The number of hydrogen-bond donors (Lipinski definition) is 0. The quantitative estimate of drug-likeness (QED) is 0.785. The maximum atomic E-state index is 12.7. The van der Waals surface area contributed by atoms with Crippen molar-refractivity contribution in [3.8, 4) is 0 Å². The molecule has 2 heterocycles. The maximum Gasteiger partial charge on any atom is 0.136 e. The van der Waals surface area contributed by atoms with E-state index in [1.165, 1.54) is 24.3 Å². The van der Waals surface area contributed by atoms with Crippen LogP contribution in [-0.2, 0) is 4.79 Å². The van der Waals surface area contributed by atoms with Crippen molar-refractivity contribution < 1.29 is 4.79 Å². The molecule has 0 amide bonds. The van der Waals surface area contributed by atoms with Gasteiger partial charge in [0, 0.05) is 23.4 Å². The van der Waals surface area contributed by atoms with Gasteiger partial charge in [-0.05, 0) is 77.8 Å². The molecule has 2 fully saturated rings. The lowest BCUT2D eigenvalue weighted by molar-refractivity contribution is -0.131. The molecule has 0 spiro atoms. The molecule has 2 saturated heterocycles. The third-order valence-electron chi connectivity index (χ3n) is 5.59. The Morgan fingerprint density at radius 1 is 1.10 bits per heavy atom. The van der Waals surface area contributed by atoms with E-state index in [4.69, 9.17) is 0 Å². The highest BCUT2D eigenvalue weighted by molar-refractivity contribution is 7.99. The number of ketones is 1. The molecular formula is C17H31NOS. The van der Waals surface area contributed by atoms with E-state index >= 15 is 0 Å². The molecule has 2 nitrogen and oxygen atoms in total. The van der Waals surface area contributed by atoms with Gasteiger partial charge in [0.15, 0.2) is 0 Å². The SMILES string of the molecule is CN1C(C)(C)CC(C(=O)CC2CCSCC2)CC1(C)C. The lowest BCUT2D eigenvalue weighted by atomic mass is 9.71. The smallest absolute Gasteiger partial charge is 0.136 e. The van der Waals surface area contributed by atoms with Gasteiger partial charge in [-0.2, -0.15) is 11.8 Å². The molecule has 0 aromatic heterocycles. The molecule has 0 aromatic carbocycles. The van der Waals surface area contributed by atoms with E-state index < -0.39 is 0 Å². The van der Waals surface area contributed by atoms with Crippen molar-refractivity contribution >= 4 is 17.5 Å². The molecule has 0 atom stereocenters. The highest BCUT2D eigenvalue weighted by Crippen LogP contribution is 2.41. The third-order valence-corrected chi connectivity index (χ3v) is 6.64. The van der Waals surface area contributed by atoms with Crippen molar-refractivity contribution in [2.45, 2.75) is 70.9 Å². The lowest BCUT2D eigenvalue weighted by Crippen LogP contribution is -2.59. The van der Waals surface area contributed by atoms with Gasteiger partial charge in [0.1, 0.15) is 5.78 Å². The van der Waals surface area contributed by atoms with E-state index in [1.807, 2.05) is 11.8 Å². The average molecular weight is 298 g/mol. The average Bonchev–Trinajstić information content (AvgIpc) is 2.36. The molecule has 20 heavy (non-hydrogen) atoms. The fourth-order valence-electron chi connectivity index (χ4n) is 4.00. The highest BCUT2D eigenvalue weighted by Gasteiger charge is 2.45. The Hall–Kier alpha value is -0.0200. The number of carbonyl (C=O) groups excluding carboxylic acids is 1. The summed E-state index contributed by atoms with van der Waals surface area (Å²) >= 11 is 2.04. The Morgan fingerprint density at radius 3 is 2.10 bits per heavy atom. The first-order chi connectivity index (χ1) is 9.22. The van der Waals surface area contributed by atoms with Gasteiger partial charge in [0.05, 0.1) is 0 Å². The van der Waals surface area contributed by atoms with Gasteiger partial charge in [-0.3, -0.25) is 9.69 Å². The Balaban J connectivity index is 1.99. The van der Waals surface area contributed by atoms with Crippen LogP contribution in [0.4, 0.5) is 0 Å². The number of Topliss-reactive ketones (excluding diaryl/α,β-unsaturated/α-hetero) is 1. The van der Waals surface area contributed by atoms with Gasteiger partial charge in [-0.15, -0.1) is 0 Å². The Bertz CT molecular complexity index is 340. The number of thioether (sulfide) groups is 1. The number of piperidine rings is 1. The zero-order chi connectivity index (χ0) is 15.0. The fraction of sp³-hybridized carbons (Fsp3) is 0.941. The molecule has 2 aliphatic heterocycles. The van der Waals surface area contributed by atoms with Gasteiger partial charge in [-0.25, -0.2) is 0 Å². The lowest BCUT2D eigenvalue weighted by Gasteiger charge is -2.53. The monoisotopic (exact) mass is 297 g/mol. The summed E-state index contributed by atoms with van der Waals surface area (Å²) in [5, 5.41) is 0. The molecule has 0 N–H and O–H groups in total. The summed E-state index contributed by atoms with van der Waals surface area (Å²) < 4.78 is 0. The van der Waals surface area contributed by atoms with Gasteiger partial charge in [0.2, 0.25) is 0 Å². The van der Waals surface area contributed by atoms with Crippen molar-refractivity contribution in [2.24, 2.45) is 11.8 Å². The summed E-state index contributed by atoms with van der Waals surface area (Å²) in [6.45, 7) is 9.13. The fourth-order valence-corrected chi connectivity index (χ4v) is 5.20. The number of hydrogen-bond acceptors (Lipinski definition) is 3. The summed E-state index contributed by atoms with van der Waals surface area (Å²) in [7, 11) is 2.21. The van der Waals surface area contributed by atoms with Crippen LogP contribution in [-0.4, -0.2) is 40.3 Å². The van der Waals surface area contributed by atoms with Crippen LogP contribution < -0.4 is 0 Å². The minimum absolute atomic E-state index is 0.129. The minimum atomic E-state index is 0.129. The second-order valence-electron chi connectivity index (χ2n) is 8.02. The van der Waals surface area contributed by atoms with Crippen LogP contribution in [0.1, 0.15) is 59.8 Å². The van der Waals surface area contributed by atoms with Crippen LogP contribution >= 0.6 is 11.8 Å². The number of rotatable bonds is 3.